The Morgan fingerprint density at radius 3 is 1.57 bits per heavy atom. The first-order chi connectivity index (χ1) is 24.2. The van der Waals surface area contributed by atoms with Crippen LogP contribution in [0.3, 0.4) is 0 Å². The predicted molar refractivity (Wildman–Crippen MR) is 202 cm³/mol. The smallest absolute Gasteiger partial charge is 0.178 e. The molecule has 234 valence electrons. The second kappa shape index (κ2) is 13.0. The van der Waals surface area contributed by atoms with Gasteiger partial charge in [0.1, 0.15) is 5.65 Å². The maximum absolute atomic E-state index is 4.98. The number of hydrogen-bond donors (Lipinski definition) is 0. The molecule has 5 nitrogen and oxygen atoms in total. The Labute approximate surface area is 285 Å². The minimum absolute atomic E-state index is 0.714. The molecular formula is C44H33N5. The van der Waals surface area contributed by atoms with Crippen molar-refractivity contribution >= 4 is 27.6 Å². The highest BCUT2D eigenvalue weighted by Crippen LogP contribution is 2.31. The van der Waals surface area contributed by atoms with Gasteiger partial charge in [-0.2, -0.15) is 0 Å². The molecule has 0 saturated heterocycles. The van der Waals surface area contributed by atoms with Crippen LogP contribution in [-0.4, -0.2) is 24.3 Å². The minimum atomic E-state index is 0.714. The minimum Gasteiger partial charge on any atom is -0.297 e. The molecule has 5 heteroatoms. The molecule has 0 radical (unpaired) electrons. The van der Waals surface area contributed by atoms with Gasteiger partial charge in [0.05, 0.1) is 16.9 Å². The van der Waals surface area contributed by atoms with E-state index in [0.29, 0.717) is 5.82 Å². The average molecular weight is 632 g/mol. The van der Waals surface area contributed by atoms with E-state index in [9.17, 15) is 0 Å². The van der Waals surface area contributed by atoms with Gasteiger partial charge in [-0.25, -0.2) is 19.9 Å². The number of fused-ring (bicyclic) bond motifs is 4. The topological polar surface area (TPSA) is 56.0 Å². The maximum atomic E-state index is 4.98. The zero-order valence-corrected chi connectivity index (χ0v) is 27.3. The van der Waals surface area contributed by atoms with Gasteiger partial charge in [0.15, 0.2) is 11.5 Å². The molecule has 0 saturated carbocycles. The summed E-state index contributed by atoms with van der Waals surface area (Å²) in [5.41, 5.74) is 12.0. The number of pyridine rings is 2. The van der Waals surface area contributed by atoms with Crippen LogP contribution in [0.15, 0.2) is 164 Å². The van der Waals surface area contributed by atoms with E-state index in [4.69, 9.17) is 19.9 Å². The van der Waals surface area contributed by atoms with Crippen LogP contribution in [0.5, 0.6) is 0 Å². The standard InChI is InChI=1S/C42H27N5.C2H6/c1-3-9-31(10-4-1)37-25-38(45-41(44-37)33-11-5-2-6-12-33)32-21-19-29(20-22-32)28-15-17-30(18-16-28)36-23-39-42(43-26-36)46-40-24-34-13-7-8-14-35(34)27-47(39)40;1-2/h1-27H;1-2H3. The number of rotatable bonds is 5. The molecule has 0 N–H and O–H groups in total. The molecule has 4 heterocycles. The van der Waals surface area contributed by atoms with Gasteiger partial charge in [-0.3, -0.25) is 4.40 Å². The summed E-state index contributed by atoms with van der Waals surface area (Å²) in [6.07, 6.45) is 4.05. The predicted octanol–water partition coefficient (Wildman–Crippen LogP) is 11.2. The van der Waals surface area contributed by atoms with Gasteiger partial charge in [0.25, 0.3) is 0 Å². The number of aromatic nitrogens is 5. The Bertz CT molecular complexity index is 2480. The summed E-state index contributed by atoms with van der Waals surface area (Å²) in [6.45, 7) is 4.00. The van der Waals surface area contributed by atoms with Crippen molar-refractivity contribution < 1.29 is 0 Å². The molecule has 0 bridgehead atoms. The third-order valence-corrected chi connectivity index (χ3v) is 8.68. The molecule has 49 heavy (non-hydrogen) atoms. The van der Waals surface area contributed by atoms with Crippen LogP contribution >= 0.6 is 0 Å². The fraction of sp³-hybridized carbons (Fsp3) is 0.0455. The lowest BCUT2D eigenvalue weighted by molar-refractivity contribution is 1.18. The lowest BCUT2D eigenvalue weighted by atomic mass is 9.99. The van der Waals surface area contributed by atoms with E-state index in [1.54, 1.807) is 0 Å². The Morgan fingerprint density at radius 2 is 0.939 bits per heavy atom. The second-order valence-electron chi connectivity index (χ2n) is 11.7. The highest BCUT2D eigenvalue weighted by molar-refractivity contribution is 5.90. The van der Waals surface area contributed by atoms with Crippen LogP contribution in [-0.2, 0) is 0 Å². The Balaban J connectivity index is 0.00000171. The molecule has 0 aliphatic carbocycles. The van der Waals surface area contributed by atoms with Gasteiger partial charge in [-0.15, -0.1) is 0 Å². The molecule has 9 aromatic rings. The van der Waals surface area contributed by atoms with Crippen molar-refractivity contribution in [2.45, 2.75) is 13.8 Å². The molecule has 5 aromatic carbocycles. The van der Waals surface area contributed by atoms with Gasteiger partial charge in [-0.1, -0.05) is 147 Å². The molecule has 0 aliphatic heterocycles. The molecule has 0 fully saturated rings. The van der Waals surface area contributed by atoms with Crippen molar-refractivity contribution in [1.82, 2.24) is 24.3 Å². The largest absolute Gasteiger partial charge is 0.297 e. The summed E-state index contributed by atoms with van der Waals surface area (Å²) < 4.78 is 2.13. The quantitative estimate of drug-likeness (QED) is 0.190. The zero-order valence-electron chi connectivity index (χ0n) is 27.3. The molecule has 0 amide bonds. The highest BCUT2D eigenvalue weighted by atomic mass is 15.0. The number of benzene rings is 5. The summed E-state index contributed by atoms with van der Waals surface area (Å²) >= 11 is 0. The van der Waals surface area contributed by atoms with E-state index in [1.807, 2.05) is 68.6 Å². The normalized spacial score (nSPS) is 11.1. The van der Waals surface area contributed by atoms with E-state index in [2.05, 4.69) is 114 Å². The van der Waals surface area contributed by atoms with E-state index in [1.165, 1.54) is 10.8 Å². The fourth-order valence-corrected chi connectivity index (χ4v) is 6.19. The van der Waals surface area contributed by atoms with Gasteiger partial charge in [0.2, 0.25) is 0 Å². The van der Waals surface area contributed by atoms with Gasteiger partial charge < -0.3 is 0 Å². The van der Waals surface area contributed by atoms with Crippen molar-refractivity contribution in [2.24, 2.45) is 0 Å². The van der Waals surface area contributed by atoms with Crippen molar-refractivity contribution in [1.29, 1.82) is 0 Å². The van der Waals surface area contributed by atoms with E-state index < -0.39 is 0 Å². The summed E-state index contributed by atoms with van der Waals surface area (Å²) in [5, 5.41) is 2.35. The summed E-state index contributed by atoms with van der Waals surface area (Å²) in [6, 6.07) is 52.4. The van der Waals surface area contributed by atoms with Gasteiger partial charge >= 0.3 is 0 Å². The molecule has 0 aliphatic rings. The lowest BCUT2D eigenvalue weighted by Crippen LogP contribution is -1.95. The highest BCUT2D eigenvalue weighted by Gasteiger charge is 2.12. The molecule has 0 spiro atoms. The number of nitrogens with zero attached hydrogens (tertiary/aromatic N) is 5. The summed E-state index contributed by atoms with van der Waals surface area (Å²) in [4.78, 5) is 19.4. The van der Waals surface area contributed by atoms with Gasteiger partial charge in [0, 0.05) is 34.6 Å². The third kappa shape index (κ3) is 5.83. The molecule has 0 atom stereocenters. The average Bonchev–Trinajstić information content (AvgIpc) is 3.55. The van der Waals surface area contributed by atoms with E-state index in [0.717, 1.165) is 67.1 Å². The number of imidazole rings is 1. The molecule has 0 unspecified atom stereocenters. The van der Waals surface area contributed by atoms with Crippen LogP contribution in [0.2, 0.25) is 0 Å². The van der Waals surface area contributed by atoms with Crippen LogP contribution in [0.4, 0.5) is 0 Å². The molecule has 9 rings (SSSR count). The van der Waals surface area contributed by atoms with Crippen molar-refractivity contribution in [3.8, 4) is 56.2 Å². The van der Waals surface area contributed by atoms with E-state index >= 15 is 0 Å². The van der Waals surface area contributed by atoms with Crippen molar-refractivity contribution in [3.05, 3.63) is 164 Å². The first-order valence-corrected chi connectivity index (χ1v) is 16.6. The molecule has 4 aromatic heterocycles. The Kier molecular flexibility index (Phi) is 7.92. The van der Waals surface area contributed by atoms with Crippen LogP contribution in [0, 0.1) is 0 Å². The Morgan fingerprint density at radius 1 is 0.429 bits per heavy atom. The maximum Gasteiger partial charge on any atom is 0.178 e. The van der Waals surface area contributed by atoms with Crippen LogP contribution < -0.4 is 0 Å². The third-order valence-electron chi connectivity index (χ3n) is 8.68. The molecular weight excluding hydrogens is 599 g/mol. The van der Waals surface area contributed by atoms with Gasteiger partial charge in [-0.05, 0) is 45.7 Å². The van der Waals surface area contributed by atoms with Crippen LogP contribution in [0.25, 0.3) is 83.7 Å². The SMILES string of the molecule is CC.c1ccc(-c2cc(-c3ccc(-c4ccc(-c5cnc6nc7cc8ccccc8cn7c6c5)cc4)cc3)nc(-c3ccccc3)n2)cc1. The lowest BCUT2D eigenvalue weighted by Gasteiger charge is -2.10. The van der Waals surface area contributed by atoms with Crippen molar-refractivity contribution in [3.63, 3.8) is 0 Å². The first kappa shape index (κ1) is 29.9. The summed E-state index contributed by atoms with van der Waals surface area (Å²) in [7, 11) is 0. The Hall–Kier alpha value is -6.46. The second-order valence-corrected chi connectivity index (χ2v) is 11.7. The monoisotopic (exact) mass is 631 g/mol. The zero-order chi connectivity index (χ0) is 33.2. The first-order valence-electron chi connectivity index (χ1n) is 16.6. The summed E-state index contributed by atoms with van der Waals surface area (Å²) in [5.74, 6) is 0.714. The fourth-order valence-electron chi connectivity index (χ4n) is 6.19. The van der Waals surface area contributed by atoms with E-state index in [-0.39, 0.29) is 0 Å². The van der Waals surface area contributed by atoms with Crippen molar-refractivity contribution in [2.75, 3.05) is 0 Å². The number of hydrogen-bond acceptors (Lipinski definition) is 4. The van der Waals surface area contributed by atoms with Crippen LogP contribution in [0.1, 0.15) is 13.8 Å².